The zero-order chi connectivity index (χ0) is 12.3. The predicted octanol–water partition coefficient (Wildman–Crippen LogP) is 2.21. The quantitative estimate of drug-likeness (QED) is 0.818. The van der Waals surface area contributed by atoms with Gasteiger partial charge in [0.2, 0.25) is 0 Å². The van der Waals surface area contributed by atoms with Crippen LogP contribution >= 0.6 is 0 Å². The van der Waals surface area contributed by atoms with Gasteiger partial charge in [-0.1, -0.05) is 19.8 Å². The molecule has 3 heteroatoms. The molecule has 1 heterocycles. The van der Waals surface area contributed by atoms with Crippen LogP contribution in [0, 0.1) is 11.8 Å². The van der Waals surface area contributed by atoms with Gasteiger partial charge in [-0.2, -0.15) is 0 Å². The van der Waals surface area contributed by atoms with Crippen LogP contribution < -0.4 is 5.32 Å². The molecule has 17 heavy (non-hydrogen) atoms. The van der Waals surface area contributed by atoms with Gasteiger partial charge in [0.15, 0.2) is 0 Å². The summed E-state index contributed by atoms with van der Waals surface area (Å²) in [5, 5.41) is 3.52. The molecule has 2 rings (SSSR count). The van der Waals surface area contributed by atoms with Crippen LogP contribution in [-0.2, 0) is 9.47 Å². The molecule has 0 aromatic rings. The third-order valence-electron chi connectivity index (χ3n) is 4.71. The van der Waals surface area contributed by atoms with E-state index in [1.54, 1.807) is 0 Å². The Morgan fingerprint density at radius 3 is 2.76 bits per heavy atom. The summed E-state index contributed by atoms with van der Waals surface area (Å²) in [7, 11) is 3.96. The lowest BCUT2D eigenvalue weighted by Crippen LogP contribution is -2.57. The molecule has 1 aliphatic heterocycles. The number of rotatable bonds is 4. The van der Waals surface area contributed by atoms with Gasteiger partial charge in [-0.05, 0) is 32.2 Å². The zero-order valence-electron chi connectivity index (χ0n) is 11.5. The fraction of sp³-hybridized carbons (Fsp3) is 1.00. The van der Waals surface area contributed by atoms with Gasteiger partial charge >= 0.3 is 0 Å². The van der Waals surface area contributed by atoms with E-state index in [1.807, 2.05) is 7.11 Å². The van der Waals surface area contributed by atoms with E-state index in [1.165, 1.54) is 32.1 Å². The molecule has 4 atom stereocenters. The lowest BCUT2D eigenvalue weighted by Gasteiger charge is -2.46. The summed E-state index contributed by atoms with van der Waals surface area (Å²) in [4.78, 5) is 0. The number of ether oxygens (including phenoxy) is 2. The lowest BCUT2D eigenvalue weighted by atomic mass is 9.71. The average molecular weight is 241 g/mol. The third-order valence-corrected chi connectivity index (χ3v) is 4.71. The van der Waals surface area contributed by atoms with E-state index in [4.69, 9.17) is 9.47 Å². The third kappa shape index (κ3) is 2.67. The Balaban J connectivity index is 2.12. The molecule has 3 nitrogen and oxygen atoms in total. The maximum atomic E-state index is 6.00. The summed E-state index contributed by atoms with van der Waals surface area (Å²) in [6.45, 7) is 4.16. The van der Waals surface area contributed by atoms with Gasteiger partial charge in [0, 0.05) is 25.7 Å². The SMILES string of the molecule is CNC(C1CCOC1)C1(OC)CCCC(C)C1. The summed E-state index contributed by atoms with van der Waals surface area (Å²) >= 11 is 0. The van der Waals surface area contributed by atoms with Gasteiger partial charge in [-0.25, -0.2) is 0 Å². The molecule has 0 aromatic carbocycles. The van der Waals surface area contributed by atoms with Gasteiger partial charge in [0.1, 0.15) is 0 Å². The first-order valence-corrected chi connectivity index (χ1v) is 7.02. The first-order valence-electron chi connectivity index (χ1n) is 7.02. The van der Waals surface area contributed by atoms with E-state index >= 15 is 0 Å². The topological polar surface area (TPSA) is 30.5 Å². The van der Waals surface area contributed by atoms with E-state index in [0.29, 0.717) is 12.0 Å². The summed E-state index contributed by atoms with van der Waals surface area (Å²) in [6, 6.07) is 0.442. The second-order valence-electron chi connectivity index (χ2n) is 5.86. The van der Waals surface area contributed by atoms with Gasteiger partial charge in [0.25, 0.3) is 0 Å². The van der Waals surface area contributed by atoms with Crippen LogP contribution in [0.2, 0.25) is 0 Å². The molecular weight excluding hydrogens is 214 g/mol. The summed E-state index contributed by atoms with van der Waals surface area (Å²) in [6.07, 6.45) is 6.19. The highest BCUT2D eigenvalue weighted by Crippen LogP contribution is 2.40. The van der Waals surface area contributed by atoms with E-state index in [9.17, 15) is 0 Å². The number of hydrogen-bond acceptors (Lipinski definition) is 3. The van der Waals surface area contributed by atoms with E-state index in [-0.39, 0.29) is 5.60 Å². The molecule has 0 amide bonds. The second kappa shape index (κ2) is 5.68. The maximum Gasteiger partial charge on any atom is 0.0837 e. The van der Waals surface area contributed by atoms with Crippen molar-refractivity contribution in [2.24, 2.45) is 11.8 Å². The number of nitrogens with one attached hydrogen (secondary N) is 1. The van der Waals surface area contributed by atoms with Crippen LogP contribution in [0.5, 0.6) is 0 Å². The molecule has 2 aliphatic rings. The van der Waals surface area contributed by atoms with E-state index in [2.05, 4.69) is 19.3 Å². The smallest absolute Gasteiger partial charge is 0.0837 e. The van der Waals surface area contributed by atoms with Crippen molar-refractivity contribution in [3.05, 3.63) is 0 Å². The number of hydrogen-bond donors (Lipinski definition) is 1. The van der Waals surface area contributed by atoms with Crippen LogP contribution in [-0.4, -0.2) is 39.0 Å². The van der Waals surface area contributed by atoms with Crippen LogP contribution in [0.1, 0.15) is 39.0 Å². The monoisotopic (exact) mass is 241 g/mol. The number of likely N-dealkylation sites (N-methyl/N-ethyl adjacent to an activating group) is 1. The highest BCUT2D eigenvalue weighted by molar-refractivity contribution is 5.00. The Morgan fingerprint density at radius 1 is 1.41 bits per heavy atom. The van der Waals surface area contributed by atoms with Crippen molar-refractivity contribution < 1.29 is 9.47 Å². The molecule has 4 unspecified atom stereocenters. The van der Waals surface area contributed by atoms with Crippen molar-refractivity contribution in [2.45, 2.75) is 50.7 Å². The Labute approximate surface area is 105 Å². The minimum absolute atomic E-state index is 0.0325. The summed E-state index contributed by atoms with van der Waals surface area (Å²) in [5.74, 6) is 1.40. The first-order chi connectivity index (χ1) is 8.22. The second-order valence-corrected chi connectivity index (χ2v) is 5.86. The van der Waals surface area contributed by atoms with Crippen molar-refractivity contribution in [3.8, 4) is 0 Å². The highest BCUT2D eigenvalue weighted by Gasteiger charge is 2.45. The molecule has 0 radical (unpaired) electrons. The van der Waals surface area contributed by atoms with Gasteiger partial charge < -0.3 is 14.8 Å². The van der Waals surface area contributed by atoms with E-state index < -0.39 is 0 Å². The Kier molecular flexibility index (Phi) is 4.45. The van der Waals surface area contributed by atoms with Crippen molar-refractivity contribution in [2.75, 3.05) is 27.4 Å². The van der Waals surface area contributed by atoms with Crippen molar-refractivity contribution in [1.82, 2.24) is 5.32 Å². The molecule has 1 saturated carbocycles. The maximum absolute atomic E-state index is 6.00. The van der Waals surface area contributed by atoms with Gasteiger partial charge in [-0.15, -0.1) is 0 Å². The van der Waals surface area contributed by atoms with Crippen molar-refractivity contribution in [1.29, 1.82) is 0 Å². The van der Waals surface area contributed by atoms with Crippen molar-refractivity contribution in [3.63, 3.8) is 0 Å². The molecule has 0 bridgehead atoms. The van der Waals surface area contributed by atoms with Gasteiger partial charge in [0.05, 0.1) is 12.2 Å². The Hall–Kier alpha value is -0.120. The minimum atomic E-state index is 0.0325. The fourth-order valence-corrected chi connectivity index (χ4v) is 3.88. The standard InChI is InChI=1S/C14H27NO2/c1-11-5-4-7-14(9-11,16-3)13(15-2)12-6-8-17-10-12/h11-13,15H,4-10H2,1-3H3. The molecule has 1 N–H and O–H groups in total. The highest BCUT2D eigenvalue weighted by atomic mass is 16.5. The zero-order valence-corrected chi connectivity index (χ0v) is 11.5. The Bertz CT molecular complexity index is 240. The molecule has 0 spiro atoms. The van der Waals surface area contributed by atoms with Crippen LogP contribution in [0.25, 0.3) is 0 Å². The fourth-order valence-electron chi connectivity index (χ4n) is 3.88. The molecular formula is C14H27NO2. The molecule has 1 aliphatic carbocycles. The van der Waals surface area contributed by atoms with Crippen LogP contribution in [0.3, 0.4) is 0 Å². The summed E-state index contributed by atoms with van der Waals surface area (Å²) in [5.41, 5.74) is 0.0325. The Morgan fingerprint density at radius 2 is 2.24 bits per heavy atom. The van der Waals surface area contributed by atoms with Crippen LogP contribution in [0.4, 0.5) is 0 Å². The molecule has 0 aromatic heterocycles. The normalized spacial score (nSPS) is 40.4. The first kappa shape index (κ1) is 13.3. The minimum Gasteiger partial charge on any atom is -0.381 e. The van der Waals surface area contributed by atoms with Crippen LogP contribution in [0.15, 0.2) is 0 Å². The molecule has 2 fully saturated rings. The van der Waals surface area contributed by atoms with Gasteiger partial charge in [-0.3, -0.25) is 0 Å². The summed E-state index contributed by atoms with van der Waals surface area (Å²) < 4.78 is 11.5. The largest absolute Gasteiger partial charge is 0.381 e. The predicted molar refractivity (Wildman–Crippen MR) is 69.1 cm³/mol. The lowest BCUT2D eigenvalue weighted by molar-refractivity contribution is -0.0911. The average Bonchev–Trinajstić information content (AvgIpc) is 2.83. The van der Waals surface area contributed by atoms with E-state index in [0.717, 1.165) is 19.1 Å². The molecule has 1 saturated heterocycles. The van der Waals surface area contributed by atoms with Crippen molar-refractivity contribution >= 4 is 0 Å². The molecule has 100 valence electrons. The number of methoxy groups -OCH3 is 1.